The van der Waals surface area contributed by atoms with Gasteiger partial charge < -0.3 is 14.6 Å². The highest BCUT2D eigenvalue weighted by Crippen LogP contribution is 2.15. The molecule has 64 heavy (non-hydrogen) atoms. The molecule has 0 aromatic rings. The molecule has 370 valence electrons. The predicted molar refractivity (Wildman–Crippen MR) is 279 cm³/mol. The summed E-state index contributed by atoms with van der Waals surface area (Å²) in [5.41, 5.74) is 0. The van der Waals surface area contributed by atoms with E-state index in [4.69, 9.17) is 9.47 Å². The number of carbonyl (C=O) groups is 2. The molecular weight excluding hydrogens is 789 g/mol. The van der Waals surface area contributed by atoms with Crippen molar-refractivity contribution in [2.24, 2.45) is 0 Å². The Balaban J connectivity index is 3.52. The van der Waals surface area contributed by atoms with Crippen molar-refractivity contribution in [3.8, 4) is 0 Å². The lowest BCUT2D eigenvalue weighted by Crippen LogP contribution is -2.28. The summed E-state index contributed by atoms with van der Waals surface area (Å²) in [5.74, 6) is -0.595. The third kappa shape index (κ3) is 52.0. The van der Waals surface area contributed by atoms with Crippen molar-refractivity contribution in [3.63, 3.8) is 0 Å². The minimum atomic E-state index is -0.780. The van der Waals surface area contributed by atoms with E-state index in [1.54, 1.807) is 0 Å². The van der Waals surface area contributed by atoms with Crippen LogP contribution in [0.25, 0.3) is 0 Å². The van der Waals surface area contributed by atoms with Crippen LogP contribution in [-0.2, 0) is 19.1 Å². The van der Waals surface area contributed by atoms with Crippen molar-refractivity contribution in [1.82, 2.24) is 0 Å². The maximum atomic E-state index is 12.3. The summed E-state index contributed by atoms with van der Waals surface area (Å²) in [5, 5.41) is 9.65. The van der Waals surface area contributed by atoms with E-state index < -0.39 is 6.10 Å². The fourth-order valence-electron chi connectivity index (χ4n) is 7.81. The van der Waals surface area contributed by atoms with Gasteiger partial charge in [0.2, 0.25) is 0 Å². The van der Waals surface area contributed by atoms with E-state index in [1.165, 1.54) is 180 Å². The first-order valence-electron chi connectivity index (χ1n) is 27.5. The number of esters is 2. The zero-order valence-corrected chi connectivity index (χ0v) is 42.3. The summed E-state index contributed by atoms with van der Waals surface area (Å²) in [7, 11) is 0. The van der Waals surface area contributed by atoms with E-state index in [0.29, 0.717) is 12.8 Å². The van der Waals surface area contributed by atoms with E-state index in [2.05, 4.69) is 86.8 Å². The minimum absolute atomic E-state index is 0.0713. The molecule has 1 atom stereocenters. The molecule has 1 N–H and O–H groups in total. The molecule has 0 heterocycles. The van der Waals surface area contributed by atoms with Gasteiger partial charge in [0.25, 0.3) is 0 Å². The van der Waals surface area contributed by atoms with E-state index in [0.717, 1.165) is 64.2 Å². The lowest BCUT2D eigenvalue weighted by atomic mass is 10.0. The van der Waals surface area contributed by atoms with Gasteiger partial charge in [-0.1, -0.05) is 241 Å². The molecule has 0 fully saturated rings. The Bertz CT molecular complexity index is 1150. The van der Waals surface area contributed by atoms with Gasteiger partial charge >= 0.3 is 11.9 Å². The summed E-state index contributed by atoms with van der Waals surface area (Å²) in [6.07, 6.45) is 74.3. The molecule has 1 unspecified atom stereocenters. The topological polar surface area (TPSA) is 72.8 Å². The highest BCUT2D eigenvalue weighted by molar-refractivity contribution is 5.70. The van der Waals surface area contributed by atoms with Gasteiger partial charge in [0, 0.05) is 12.8 Å². The van der Waals surface area contributed by atoms with Crippen molar-refractivity contribution in [1.29, 1.82) is 0 Å². The average molecular weight is 893 g/mol. The molecule has 0 bridgehead atoms. The maximum absolute atomic E-state index is 12.3. The zero-order chi connectivity index (χ0) is 46.3. The Morgan fingerprint density at radius 2 is 0.625 bits per heavy atom. The first-order valence-corrected chi connectivity index (χ1v) is 27.5. The molecule has 0 spiro atoms. The minimum Gasteiger partial charge on any atom is -0.462 e. The van der Waals surface area contributed by atoms with E-state index in [-0.39, 0.29) is 25.2 Å². The second kappa shape index (κ2) is 54.7. The quantitative estimate of drug-likeness (QED) is 0.0374. The average Bonchev–Trinajstić information content (AvgIpc) is 3.30. The largest absolute Gasteiger partial charge is 0.462 e. The normalized spacial score (nSPS) is 12.7. The zero-order valence-electron chi connectivity index (χ0n) is 42.3. The standard InChI is InChI=1S/C59H104O5/c1-3-5-7-9-11-13-15-17-19-21-23-25-27-29-31-33-35-37-39-41-43-45-47-49-51-53-58(61)63-56-57(55-60)64-59(62)54-52-50-48-46-44-42-40-38-36-34-32-30-28-26-24-22-20-18-16-14-12-10-8-6-4-2/h15-18,21-24,27-30,57,60H,3-14,19-20,25-26,31-56H2,1-2H3/b17-15-,18-16-,23-21-,24-22-,29-27-,30-28-. The van der Waals surface area contributed by atoms with Gasteiger partial charge in [-0.15, -0.1) is 0 Å². The predicted octanol–water partition coefficient (Wildman–Crippen LogP) is 18.4. The lowest BCUT2D eigenvalue weighted by molar-refractivity contribution is -0.161. The lowest BCUT2D eigenvalue weighted by Gasteiger charge is -2.15. The van der Waals surface area contributed by atoms with Gasteiger partial charge in [-0.25, -0.2) is 0 Å². The van der Waals surface area contributed by atoms with E-state index in [9.17, 15) is 14.7 Å². The molecule has 0 aliphatic carbocycles. The van der Waals surface area contributed by atoms with Crippen LogP contribution in [0.2, 0.25) is 0 Å². The van der Waals surface area contributed by atoms with Crippen molar-refractivity contribution < 1.29 is 24.2 Å². The Morgan fingerprint density at radius 1 is 0.359 bits per heavy atom. The molecule has 0 aromatic carbocycles. The van der Waals surface area contributed by atoms with Crippen LogP contribution in [0.15, 0.2) is 72.9 Å². The van der Waals surface area contributed by atoms with Crippen LogP contribution in [0.5, 0.6) is 0 Å². The van der Waals surface area contributed by atoms with Crippen LogP contribution < -0.4 is 0 Å². The fraction of sp³-hybridized carbons (Fsp3) is 0.763. The molecule has 0 aliphatic rings. The Labute approximate surface area is 397 Å². The van der Waals surface area contributed by atoms with Crippen LogP contribution in [0.4, 0.5) is 0 Å². The molecule has 0 radical (unpaired) electrons. The maximum Gasteiger partial charge on any atom is 0.306 e. The van der Waals surface area contributed by atoms with Gasteiger partial charge in [0.1, 0.15) is 6.61 Å². The number of hydrogen-bond donors (Lipinski definition) is 1. The summed E-state index contributed by atoms with van der Waals surface area (Å²) in [6, 6.07) is 0. The number of rotatable bonds is 50. The number of aliphatic hydroxyl groups excluding tert-OH is 1. The van der Waals surface area contributed by atoms with Crippen LogP contribution >= 0.6 is 0 Å². The molecular formula is C59H104O5. The fourth-order valence-corrected chi connectivity index (χ4v) is 7.81. The molecule has 5 nitrogen and oxygen atoms in total. The van der Waals surface area contributed by atoms with Crippen LogP contribution in [-0.4, -0.2) is 36.4 Å². The number of ether oxygens (including phenoxy) is 2. The van der Waals surface area contributed by atoms with Crippen molar-refractivity contribution >= 4 is 11.9 Å². The van der Waals surface area contributed by atoms with E-state index >= 15 is 0 Å². The van der Waals surface area contributed by atoms with Crippen molar-refractivity contribution in [2.75, 3.05) is 13.2 Å². The summed E-state index contributed by atoms with van der Waals surface area (Å²) in [4.78, 5) is 24.5. The van der Waals surface area contributed by atoms with Gasteiger partial charge in [0.15, 0.2) is 6.10 Å². The summed E-state index contributed by atoms with van der Waals surface area (Å²) in [6.45, 7) is 4.13. The summed E-state index contributed by atoms with van der Waals surface area (Å²) < 4.78 is 10.7. The van der Waals surface area contributed by atoms with Gasteiger partial charge in [-0.3, -0.25) is 9.59 Å². The van der Waals surface area contributed by atoms with Crippen LogP contribution in [0.1, 0.15) is 271 Å². The van der Waals surface area contributed by atoms with Crippen molar-refractivity contribution in [2.45, 2.75) is 277 Å². The smallest absolute Gasteiger partial charge is 0.306 e. The molecule has 0 rings (SSSR count). The third-order valence-corrected chi connectivity index (χ3v) is 12.0. The molecule has 0 saturated heterocycles. The number of hydrogen-bond acceptors (Lipinski definition) is 5. The first-order chi connectivity index (χ1) is 31.6. The van der Waals surface area contributed by atoms with Gasteiger partial charge in [0.05, 0.1) is 6.61 Å². The Hall–Kier alpha value is -2.66. The molecule has 5 heteroatoms. The monoisotopic (exact) mass is 893 g/mol. The van der Waals surface area contributed by atoms with Crippen LogP contribution in [0.3, 0.4) is 0 Å². The molecule has 0 saturated carbocycles. The molecule has 0 amide bonds. The van der Waals surface area contributed by atoms with Gasteiger partial charge in [-0.05, 0) is 89.9 Å². The van der Waals surface area contributed by atoms with Gasteiger partial charge in [-0.2, -0.15) is 0 Å². The number of allylic oxidation sites excluding steroid dienone is 12. The summed E-state index contributed by atoms with van der Waals surface area (Å²) >= 11 is 0. The van der Waals surface area contributed by atoms with Crippen molar-refractivity contribution in [3.05, 3.63) is 72.9 Å². The highest BCUT2D eigenvalue weighted by Gasteiger charge is 2.16. The molecule has 0 aliphatic heterocycles. The SMILES string of the molecule is CCCCCCC/C=C\C/C=C\C/C=C\CCCCCCCCCCCCC(=O)OCC(CO)OC(=O)CCCCCCCCCCCC/C=C\C/C=C\C/C=C\CCCCCCC. The van der Waals surface area contributed by atoms with E-state index in [1.807, 2.05) is 0 Å². The number of unbranched alkanes of at least 4 members (excludes halogenated alkanes) is 30. The Morgan fingerprint density at radius 3 is 0.938 bits per heavy atom. The number of carbonyl (C=O) groups excluding carboxylic acids is 2. The Kier molecular flexibility index (Phi) is 52.4. The van der Waals surface area contributed by atoms with Crippen LogP contribution in [0, 0.1) is 0 Å². The molecule has 0 aromatic heterocycles. The second-order valence-electron chi connectivity index (χ2n) is 18.3. The third-order valence-electron chi connectivity index (χ3n) is 12.0. The second-order valence-corrected chi connectivity index (χ2v) is 18.3. The first kappa shape index (κ1) is 61.3. The number of aliphatic hydroxyl groups is 1. The highest BCUT2D eigenvalue weighted by atomic mass is 16.6.